The van der Waals surface area contributed by atoms with Crippen LogP contribution in [0.5, 0.6) is 0 Å². The first-order valence-electron chi connectivity index (χ1n) is 11.2. The zero-order chi connectivity index (χ0) is 24.7. The molecule has 0 fully saturated rings. The largest absolute Gasteiger partial charge is 0.339 e. The van der Waals surface area contributed by atoms with Gasteiger partial charge in [-0.2, -0.15) is 10.2 Å². The summed E-state index contributed by atoms with van der Waals surface area (Å²) in [6.45, 7) is 8.29. The van der Waals surface area contributed by atoms with Crippen molar-refractivity contribution in [3.8, 4) is 33.5 Å². The second kappa shape index (κ2) is 8.88. The number of aryl methyl sites for hydroxylation is 3. The van der Waals surface area contributed by atoms with Gasteiger partial charge >= 0.3 is 0 Å². The SMILES string of the molecule is C=CC(=O)Nc1cc(-c2c(-c3cnn(C)c3)[nH]c3ncc(-c4cnn(CC)c4)c(Cl)c23)ccc1C. The number of benzene rings is 1. The molecule has 0 saturated carbocycles. The lowest BCUT2D eigenvalue weighted by Gasteiger charge is -2.11. The van der Waals surface area contributed by atoms with Gasteiger partial charge in [-0.25, -0.2) is 4.98 Å². The normalized spacial score (nSPS) is 11.2. The molecule has 1 aromatic carbocycles. The molecule has 8 nitrogen and oxygen atoms in total. The molecule has 176 valence electrons. The second-order valence-electron chi connectivity index (χ2n) is 8.29. The Morgan fingerprint density at radius 1 is 1.17 bits per heavy atom. The van der Waals surface area contributed by atoms with Crippen LogP contribution in [0.4, 0.5) is 5.69 Å². The van der Waals surface area contributed by atoms with E-state index in [-0.39, 0.29) is 5.91 Å². The molecule has 35 heavy (non-hydrogen) atoms. The van der Waals surface area contributed by atoms with Crippen molar-refractivity contribution in [2.24, 2.45) is 7.05 Å². The summed E-state index contributed by atoms with van der Waals surface area (Å²) in [4.78, 5) is 20.2. The van der Waals surface area contributed by atoms with E-state index in [4.69, 9.17) is 16.6 Å². The molecule has 0 saturated heterocycles. The van der Waals surface area contributed by atoms with E-state index in [9.17, 15) is 4.79 Å². The van der Waals surface area contributed by atoms with E-state index in [1.165, 1.54) is 6.08 Å². The molecule has 2 N–H and O–H groups in total. The van der Waals surface area contributed by atoms with E-state index < -0.39 is 0 Å². The third-order valence-electron chi connectivity index (χ3n) is 5.99. The minimum absolute atomic E-state index is 0.272. The zero-order valence-electron chi connectivity index (χ0n) is 19.6. The molecule has 4 heterocycles. The molecular formula is C26H24ClN7O. The Kier molecular flexibility index (Phi) is 5.74. The summed E-state index contributed by atoms with van der Waals surface area (Å²) in [7, 11) is 1.87. The number of fused-ring (bicyclic) bond motifs is 1. The third-order valence-corrected chi connectivity index (χ3v) is 6.38. The number of aromatic nitrogens is 6. The summed E-state index contributed by atoms with van der Waals surface area (Å²) < 4.78 is 3.60. The predicted molar refractivity (Wildman–Crippen MR) is 139 cm³/mol. The minimum Gasteiger partial charge on any atom is -0.339 e. The summed E-state index contributed by atoms with van der Waals surface area (Å²) in [5, 5.41) is 13.0. The van der Waals surface area contributed by atoms with Gasteiger partial charge < -0.3 is 10.3 Å². The Labute approximate surface area is 207 Å². The fraction of sp³-hybridized carbons (Fsp3) is 0.154. The van der Waals surface area contributed by atoms with Crippen LogP contribution in [0, 0.1) is 6.92 Å². The number of hydrogen-bond acceptors (Lipinski definition) is 4. The van der Waals surface area contributed by atoms with Crippen molar-refractivity contribution in [3.63, 3.8) is 0 Å². The number of nitrogens with one attached hydrogen (secondary N) is 2. The number of aromatic amines is 1. The highest BCUT2D eigenvalue weighted by Gasteiger charge is 2.22. The van der Waals surface area contributed by atoms with Gasteiger partial charge in [0.2, 0.25) is 5.91 Å². The number of H-pyrrole nitrogens is 1. The summed E-state index contributed by atoms with van der Waals surface area (Å²) in [6.07, 6.45) is 10.5. The molecule has 0 unspecified atom stereocenters. The highest BCUT2D eigenvalue weighted by Crippen LogP contribution is 2.44. The minimum atomic E-state index is -0.272. The van der Waals surface area contributed by atoms with Crippen LogP contribution in [-0.2, 0) is 18.4 Å². The maximum atomic E-state index is 12.0. The van der Waals surface area contributed by atoms with Gasteiger partial charge in [-0.1, -0.05) is 30.3 Å². The Morgan fingerprint density at radius 2 is 1.97 bits per heavy atom. The molecule has 0 aliphatic rings. The molecule has 0 aliphatic heterocycles. The number of carbonyl (C=O) groups is 1. The molecule has 5 rings (SSSR count). The van der Waals surface area contributed by atoms with E-state index in [1.54, 1.807) is 23.3 Å². The van der Waals surface area contributed by atoms with Gasteiger partial charge in [0, 0.05) is 65.5 Å². The number of nitrogens with zero attached hydrogens (tertiary/aromatic N) is 5. The van der Waals surface area contributed by atoms with Gasteiger partial charge in [-0.3, -0.25) is 14.2 Å². The second-order valence-corrected chi connectivity index (χ2v) is 8.67. The first kappa shape index (κ1) is 22.6. The lowest BCUT2D eigenvalue weighted by Crippen LogP contribution is -2.08. The number of hydrogen-bond donors (Lipinski definition) is 2. The van der Waals surface area contributed by atoms with Crippen LogP contribution in [0.3, 0.4) is 0 Å². The van der Waals surface area contributed by atoms with Gasteiger partial charge in [-0.15, -0.1) is 0 Å². The van der Waals surface area contributed by atoms with Crippen molar-refractivity contribution in [1.29, 1.82) is 0 Å². The zero-order valence-corrected chi connectivity index (χ0v) is 20.4. The van der Waals surface area contributed by atoms with Gasteiger partial charge in [0.05, 0.1) is 23.1 Å². The van der Waals surface area contributed by atoms with Crippen molar-refractivity contribution in [2.75, 3.05) is 5.32 Å². The number of rotatable bonds is 6. The first-order chi connectivity index (χ1) is 16.9. The van der Waals surface area contributed by atoms with Crippen LogP contribution < -0.4 is 5.32 Å². The van der Waals surface area contributed by atoms with Crippen molar-refractivity contribution in [3.05, 3.63) is 72.4 Å². The highest BCUT2D eigenvalue weighted by atomic mass is 35.5. The van der Waals surface area contributed by atoms with Crippen LogP contribution in [-0.4, -0.2) is 35.4 Å². The predicted octanol–water partition coefficient (Wildman–Crippen LogP) is 5.60. The van der Waals surface area contributed by atoms with Gasteiger partial charge in [0.25, 0.3) is 0 Å². The van der Waals surface area contributed by atoms with E-state index in [0.717, 1.165) is 51.0 Å². The molecule has 0 spiro atoms. The van der Waals surface area contributed by atoms with E-state index in [2.05, 4.69) is 27.1 Å². The molecule has 0 atom stereocenters. The summed E-state index contributed by atoms with van der Waals surface area (Å²) in [5.41, 5.74) is 7.48. The van der Waals surface area contributed by atoms with Gasteiger partial charge in [0.1, 0.15) is 5.65 Å². The highest BCUT2D eigenvalue weighted by molar-refractivity contribution is 6.39. The van der Waals surface area contributed by atoms with Crippen molar-refractivity contribution < 1.29 is 4.79 Å². The number of halogens is 1. The number of pyridine rings is 1. The molecule has 9 heteroatoms. The quantitative estimate of drug-likeness (QED) is 0.306. The average Bonchev–Trinajstić information content (AvgIpc) is 3.59. The monoisotopic (exact) mass is 485 g/mol. The third kappa shape index (κ3) is 4.02. The molecule has 5 aromatic rings. The Hall–Kier alpha value is -4.17. The van der Waals surface area contributed by atoms with Gasteiger partial charge in [-0.05, 0) is 37.1 Å². The molecule has 1 amide bonds. The Bertz CT molecular complexity index is 1590. The number of anilines is 1. The number of carbonyl (C=O) groups excluding carboxylic acids is 1. The maximum absolute atomic E-state index is 12.0. The summed E-state index contributed by atoms with van der Waals surface area (Å²) in [5.74, 6) is -0.272. The fourth-order valence-corrected chi connectivity index (χ4v) is 4.49. The van der Waals surface area contributed by atoms with Crippen LogP contribution in [0.15, 0.2) is 61.8 Å². The fourth-order valence-electron chi connectivity index (χ4n) is 4.15. The average molecular weight is 486 g/mol. The molecular weight excluding hydrogens is 462 g/mol. The lowest BCUT2D eigenvalue weighted by atomic mass is 9.97. The molecule has 0 radical (unpaired) electrons. The topological polar surface area (TPSA) is 93.4 Å². The van der Waals surface area contributed by atoms with Crippen LogP contribution in [0.1, 0.15) is 12.5 Å². The van der Waals surface area contributed by atoms with Crippen molar-refractivity contribution in [2.45, 2.75) is 20.4 Å². The van der Waals surface area contributed by atoms with Crippen LogP contribution in [0.25, 0.3) is 44.5 Å². The van der Waals surface area contributed by atoms with Gasteiger partial charge in [0.15, 0.2) is 0 Å². The Balaban J connectivity index is 1.79. The number of amides is 1. The summed E-state index contributed by atoms with van der Waals surface area (Å²) >= 11 is 7.07. The van der Waals surface area contributed by atoms with Crippen molar-refractivity contribution in [1.82, 2.24) is 29.5 Å². The molecule has 4 aromatic heterocycles. The first-order valence-corrected chi connectivity index (χ1v) is 11.5. The van der Waals surface area contributed by atoms with E-state index >= 15 is 0 Å². The van der Waals surface area contributed by atoms with E-state index in [1.807, 2.05) is 56.2 Å². The van der Waals surface area contributed by atoms with Crippen LogP contribution >= 0.6 is 11.6 Å². The molecule has 0 bridgehead atoms. The lowest BCUT2D eigenvalue weighted by molar-refractivity contribution is -0.111. The van der Waals surface area contributed by atoms with Crippen molar-refractivity contribution >= 4 is 34.2 Å². The standard InChI is InChI=1S/C26H24ClN7O/c1-5-21(35)31-20-9-16(8-7-15(20)3)22-23-24(27)19(17-10-30-34(6-2)14-17)12-28-26(23)32-25(22)18-11-29-33(4)13-18/h5,7-14H,1,6H2,2-4H3,(H,28,32)(H,31,35). The maximum Gasteiger partial charge on any atom is 0.247 e. The van der Waals surface area contributed by atoms with E-state index in [0.29, 0.717) is 16.4 Å². The molecule has 0 aliphatic carbocycles. The Morgan fingerprint density at radius 3 is 2.66 bits per heavy atom. The summed E-state index contributed by atoms with van der Waals surface area (Å²) in [6, 6.07) is 5.92. The smallest absolute Gasteiger partial charge is 0.247 e. The van der Waals surface area contributed by atoms with Crippen LogP contribution in [0.2, 0.25) is 5.02 Å².